The SMILES string of the molecule is C/C(=C\CCl)CC/C=C(\C)CO[Si](C)(C)C(C)(C)C.C/C(=C\CO)CC/C=C(\C)CO[Si](C)(C)C(C)(C)C.C/C(=C\COPP)CC/C=C(\C)CO[Si](C)(C)C(C)(C)C.CC(=O)OC/C=C(\C)CC/C=C(\C)CO[Si](C)(C)C(C)(C)C.CC(=O)OC/C=C(\C)CC/C=C(\C)O.CC(=O)OC/C=C(\C)CCC=C(C)C.CC(C)=CCC/C(C)=C/CO. The highest BCUT2D eigenvalue weighted by molar-refractivity contribution is 8.00. The Balaban J connectivity index is -0.000000251. The predicted octanol–water partition coefficient (Wildman–Crippen LogP) is 30.6. The van der Waals surface area contributed by atoms with Crippen LogP contribution in [0, 0.1) is 0 Å². The van der Waals surface area contributed by atoms with Gasteiger partial charge >= 0.3 is 17.9 Å². The zero-order valence-corrected chi connectivity index (χ0v) is 91.5. The van der Waals surface area contributed by atoms with Crippen LogP contribution in [0.2, 0.25) is 72.5 Å². The van der Waals surface area contributed by atoms with Crippen molar-refractivity contribution in [3.05, 3.63) is 163 Å². The van der Waals surface area contributed by atoms with E-state index in [1.807, 2.05) is 37.3 Å². The van der Waals surface area contributed by atoms with Gasteiger partial charge in [0.25, 0.3) is 0 Å². The summed E-state index contributed by atoms with van der Waals surface area (Å²) in [6.45, 7) is 88.2. The van der Waals surface area contributed by atoms with Crippen LogP contribution in [0.15, 0.2) is 163 Å². The highest BCUT2D eigenvalue weighted by Crippen LogP contribution is 2.40. The second-order valence-electron chi connectivity index (χ2n) is 38.3. The molecule has 0 saturated heterocycles. The van der Waals surface area contributed by atoms with Crippen molar-refractivity contribution < 1.29 is 66.1 Å². The van der Waals surface area contributed by atoms with Crippen LogP contribution < -0.4 is 0 Å². The van der Waals surface area contributed by atoms with Crippen molar-refractivity contribution >= 4 is 80.2 Å². The number of allylic oxidation sites excluding steroid dienone is 18. The van der Waals surface area contributed by atoms with Crippen LogP contribution in [0.3, 0.4) is 0 Å². The summed E-state index contributed by atoms with van der Waals surface area (Å²) in [5, 5.41) is 27.3. The number of carbonyl (C=O) groups is 3. The molecule has 0 radical (unpaired) electrons. The van der Waals surface area contributed by atoms with E-state index in [2.05, 4.69) is 290 Å². The van der Waals surface area contributed by atoms with Gasteiger partial charge < -0.3 is 51.8 Å². The number of esters is 3. The van der Waals surface area contributed by atoms with Crippen molar-refractivity contribution in [1.82, 2.24) is 0 Å². The number of halogens is 1. The van der Waals surface area contributed by atoms with Crippen LogP contribution in [0.25, 0.3) is 0 Å². The highest BCUT2D eigenvalue weighted by atomic mass is 35.5. The lowest BCUT2D eigenvalue weighted by molar-refractivity contribution is -0.140. The Morgan fingerprint density at radius 1 is 0.308 bits per heavy atom. The van der Waals surface area contributed by atoms with E-state index in [1.54, 1.807) is 13.0 Å². The van der Waals surface area contributed by atoms with Gasteiger partial charge in [0.05, 0.1) is 52.0 Å². The van der Waals surface area contributed by atoms with Crippen LogP contribution in [0.1, 0.15) is 305 Å². The molecule has 0 spiro atoms. The normalized spacial score (nSPS) is 13.8. The number of hydrogen-bond acceptors (Lipinski definition) is 14. The van der Waals surface area contributed by atoms with E-state index in [0.29, 0.717) is 40.0 Å². The predicted molar refractivity (Wildman–Crippen MR) is 543 cm³/mol. The maximum Gasteiger partial charge on any atom is 0.302 e. The summed E-state index contributed by atoms with van der Waals surface area (Å²) in [5.74, 6) is 0.238. The number of alkyl halides is 1. The van der Waals surface area contributed by atoms with E-state index in [4.69, 9.17) is 63.4 Å². The van der Waals surface area contributed by atoms with Gasteiger partial charge in [0.1, 0.15) is 19.8 Å². The fraction of sp³-hybridized carbons (Fsp3) is 0.687. The molecular weight excluding hydrogens is 1620 g/mol. The van der Waals surface area contributed by atoms with Gasteiger partial charge in [0.15, 0.2) is 33.3 Å². The summed E-state index contributed by atoms with van der Waals surface area (Å²) in [6.07, 6.45) is 43.4. The Morgan fingerprint density at radius 2 is 0.508 bits per heavy atom. The Hall–Kier alpha value is -3.69. The topological polar surface area (TPSA) is 186 Å². The summed E-state index contributed by atoms with van der Waals surface area (Å²) in [6, 6.07) is 0. The average Bonchev–Trinajstić information content (AvgIpc) is 0.861. The minimum atomic E-state index is -1.66. The Kier molecular flexibility index (Phi) is 79.1. The molecule has 120 heavy (non-hydrogen) atoms. The monoisotopic (exact) mass is 1810 g/mol. The molecule has 0 amide bonds. The van der Waals surface area contributed by atoms with E-state index < -0.39 is 33.3 Å². The molecule has 21 heteroatoms. The van der Waals surface area contributed by atoms with Gasteiger partial charge in [0, 0.05) is 35.1 Å². The summed E-state index contributed by atoms with van der Waals surface area (Å²) in [5.41, 5.74) is 16.9. The Labute approximate surface area is 753 Å². The van der Waals surface area contributed by atoms with Crippen molar-refractivity contribution in [2.45, 2.75) is 377 Å². The molecule has 0 heterocycles. The molecule has 2 atom stereocenters. The van der Waals surface area contributed by atoms with Crippen molar-refractivity contribution in [3.63, 3.8) is 0 Å². The van der Waals surface area contributed by atoms with Gasteiger partial charge in [-0.3, -0.25) is 14.4 Å². The number of aliphatic hydroxyl groups excluding tert-OH is 3. The largest absolute Gasteiger partial charge is 0.513 e. The second-order valence-corrected chi connectivity index (χ2v) is 59.1. The minimum Gasteiger partial charge on any atom is -0.513 e. The molecular formula is C99H187ClO14P2Si4. The summed E-state index contributed by atoms with van der Waals surface area (Å²) >= 11 is 5.67. The molecule has 0 rings (SSSR count). The molecule has 0 aliphatic carbocycles. The summed E-state index contributed by atoms with van der Waals surface area (Å²) < 4.78 is 44.6. The number of rotatable bonds is 45. The first kappa shape index (κ1) is 129. The molecule has 14 nitrogen and oxygen atoms in total. The van der Waals surface area contributed by atoms with Gasteiger partial charge in [-0.1, -0.05) is 225 Å². The summed E-state index contributed by atoms with van der Waals surface area (Å²) in [4.78, 5) is 31.6. The molecule has 0 bridgehead atoms. The molecule has 0 aromatic rings. The number of ether oxygens (including phenoxy) is 3. The smallest absolute Gasteiger partial charge is 0.302 e. The van der Waals surface area contributed by atoms with Gasteiger partial charge in [-0.15, -0.1) is 11.6 Å². The zero-order valence-electron chi connectivity index (χ0n) is 84.5. The first-order valence-electron chi connectivity index (χ1n) is 43.6. The van der Waals surface area contributed by atoms with E-state index in [1.165, 1.54) is 87.6 Å². The zero-order chi connectivity index (χ0) is 94.8. The Bertz CT molecular complexity index is 3110. The molecule has 0 aliphatic rings. The van der Waals surface area contributed by atoms with Crippen molar-refractivity contribution in [2.75, 3.05) is 71.9 Å². The quantitative estimate of drug-likeness (QED) is 0.00764. The van der Waals surface area contributed by atoms with Crippen molar-refractivity contribution in [2.24, 2.45) is 0 Å². The van der Waals surface area contributed by atoms with E-state index in [-0.39, 0.29) is 51.3 Å². The van der Waals surface area contributed by atoms with Gasteiger partial charge in [-0.05, 0) is 298 Å². The van der Waals surface area contributed by atoms with Crippen molar-refractivity contribution in [3.8, 4) is 0 Å². The maximum atomic E-state index is 10.7. The number of aliphatic hydroxyl groups is 3. The van der Waals surface area contributed by atoms with Crippen LogP contribution in [-0.2, 0) is 50.8 Å². The van der Waals surface area contributed by atoms with Gasteiger partial charge in [0.2, 0.25) is 0 Å². The second kappa shape index (κ2) is 73.4. The highest BCUT2D eigenvalue weighted by Gasteiger charge is 2.39. The van der Waals surface area contributed by atoms with Crippen LogP contribution >= 0.6 is 29.0 Å². The molecule has 0 saturated carbocycles. The lowest BCUT2D eigenvalue weighted by Crippen LogP contribution is -2.41. The molecule has 0 fully saturated rings. The molecule has 700 valence electrons. The van der Waals surface area contributed by atoms with E-state index in [9.17, 15) is 14.4 Å². The first-order valence-corrected chi connectivity index (χ1v) is 58.5. The lowest BCUT2D eigenvalue weighted by Gasteiger charge is -2.36. The van der Waals surface area contributed by atoms with Gasteiger partial charge in [-0.2, -0.15) is 0 Å². The van der Waals surface area contributed by atoms with Crippen LogP contribution in [0.4, 0.5) is 0 Å². The Morgan fingerprint density at radius 3 is 0.692 bits per heavy atom. The third kappa shape index (κ3) is 86.4. The third-order valence-corrected chi connectivity index (χ3v) is 40.1. The molecule has 2 unspecified atom stereocenters. The summed E-state index contributed by atoms with van der Waals surface area (Å²) in [7, 11) is -3.43. The number of carbonyl (C=O) groups excluding carboxylic acids is 3. The van der Waals surface area contributed by atoms with Crippen LogP contribution in [0.5, 0.6) is 0 Å². The molecule has 3 N–H and O–H groups in total. The van der Waals surface area contributed by atoms with Crippen LogP contribution in [-0.4, -0.2) is 138 Å². The number of hydrogen-bond donors (Lipinski definition) is 3. The maximum absolute atomic E-state index is 10.7. The van der Waals surface area contributed by atoms with Crippen molar-refractivity contribution in [1.29, 1.82) is 0 Å². The first-order chi connectivity index (χ1) is 55.0. The van der Waals surface area contributed by atoms with Gasteiger partial charge in [-0.25, -0.2) is 0 Å². The third-order valence-electron chi connectivity index (χ3n) is 21.2. The molecule has 0 aromatic carbocycles. The van der Waals surface area contributed by atoms with E-state index >= 15 is 0 Å². The molecule has 0 aromatic heterocycles. The fourth-order valence-corrected chi connectivity index (χ4v) is 13.3. The molecule has 0 aliphatic heterocycles. The lowest BCUT2D eigenvalue weighted by atomic mass is 10.1. The standard InChI is InChI=1S/C18H34O3Si.C16H31ClOSi.C16H34O2P2Si.C16H32O2Si.C12H20O2.C11H18O3.C10H18O/c1-15(12-13-20-17(3)19)10-9-11-16(2)14-21-22(7,8)18(4,5)6;1-14(11-12-17)9-8-10-15(2)13-18-19(6,7)16(3,4)5;1-14(11-12-17-20-19)9-8-10-15(2)13-18-21(6,7)16(3,4)5;1-14(11-12-17)9-8-10-15(2)13-18-19(6,7)16(3,4)5;1-10(2)6-5-7-11(3)8-9-14-12(4)13;1-9(5-4-6-10(2)12)7-8-14-11(3)13;1-9(2)5-4-6-10(3)7-8-11/h11-12H,9-10,13-14H2,1-8H3;10-11H,8-9,12-13H2,1-7H3;10-11,20H,8-9,12-13,19H2,1-7H3;10-11,17H,8-9,12-13H2,1-7H3;6,8H,5,7,9H2,1-4H3;6-7,12H,4-5,8H2,1-3H3;5,7,11H,4,6,8H2,1-3H3/b15-12+,16-11+;3*14-11+,15-10+;11-8+;9-7+,10-6+;10-7+. The minimum absolute atomic E-state index is 0.142. The average molecular weight is 1810 g/mol. The van der Waals surface area contributed by atoms with E-state index in [0.717, 1.165) is 128 Å². The fourth-order valence-electron chi connectivity index (χ4n) is 8.44.